The van der Waals surface area contributed by atoms with E-state index in [0.29, 0.717) is 19.4 Å². The minimum Gasteiger partial charge on any atom is -0.466 e. The molecule has 0 rings (SSSR count). The molecule has 0 aliphatic rings. The summed E-state index contributed by atoms with van der Waals surface area (Å²) in [5.74, 6) is -0.0375. The molecular formula is C79H153NO5. The second-order valence-electron chi connectivity index (χ2n) is 27.0. The van der Waals surface area contributed by atoms with Crippen LogP contribution in [0.3, 0.4) is 0 Å². The second-order valence-corrected chi connectivity index (χ2v) is 27.0. The number of rotatable bonds is 74. The summed E-state index contributed by atoms with van der Waals surface area (Å²) in [5, 5.41) is 23.3. The summed E-state index contributed by atoms with van der Waals surface area (Å²) in [6, 6.07) is -0.626. The number of hydrogen-bond acceptors (Lipinski definition) is 5. The molecule has 0 aromatic heterocycles. The Balaban J connectivity index is 3.36. The first-order valence-corrected chi connectivity index (χ1v) is 39.1. The molecule has 3 N–H and O–H groups in total. The highest BCUT2D eigenvalue weighted by atomic mass is 16.5. The Bertz CT molecular complexity index is 1330. The fourth-order valence-electron chi connectivity index (χ4n) is 12.5. The summed E-state index contributed by atoms with van der Waals surface area (Å²) in [4.78, 5) is 24.6. The molecule has 0 aromatic rings. The molecule has 1 amide bonds. The minimum atomic E-state index is -0.843. The number of unbranched alkanes of at least 4 members (excludes halogenated alkanes) is 61. The zero-order valence-corrected chi connectivity index (χ0v) is 57.9. The van der Waals surface area contributed by atoms with Crippen molar-refractivity contribution in [2.45, 2.75) is 456 Å². The summed E-state index contributed by atoms with van der Waals surface area (Å²) < 4.78 is 5.49. The van der Waals surface area contributed by atoms with E-state index < -0.39 is 12.1 Å². The predicted octanol–water partition coefficient (Wildman–Crippen LogP) is 25.7. The monoisotopic (exact) mass is 1200 g/mol. The Morgan fingerprint density at radius 1 is 0.318 bits per heavy atom. The molecule has 0 bridgehead atoms. The van der Waals surface area contributed by atoms with Gasteiger partial charge in [0.2, 0.25) is 5.91 Å². The fourth-order valence-corrected chi connectivity index (χ4v) is 12.5. The normalized spacial score (nSPS) is 12.6. The number of ether oxygens (including phenoxy) is 1. The van der Waals surface area contributed by atoms with Crippen LogP contribution in [0, 0.1) is 0 Å². The molecule has 85 heavy (non-hydrogen) atoms. The average Bonchev–Trinajstić information content (AvgIpc) is 3.53. The molecule has 0 saturated heterocycles. The summed E-state index contributed by atoms with van der Waals surface area (Å²) in [6.07, 6.45) is 95.9. The third kappa shape index (κ3) is 71.3. The molecule has 2 unspecified atom stereocenters. The van der Waals surface area contributed by atoms with Crippen LogP contribution in [-0.4, -0.2) is 47.4 Å². The first kappa shape index (κ1) is 83.3. The number of aliphatic hydroxyl groups excluding tert-OH is 2. The molecule has 0 saturated carbocycles. The Hall–Kier alpha value is -1.66. The number of carbonyl (C=O) groups excluding carboxylic acids is 2. The van der Waals surface area contributed by atoms with E-state index in [-0.39, 0.29) is 18.5 Å². The minimum absolute atomic E-state index is 0.0224. The van der Waals surface area contributed by atoms with Crippen molar-refractivity contribution in [3.05, 3.63) is 24.3 Å². The number of amides is 1. The van der Waals surface area contributed by atoms with Crippen molar-refractivity contribution >= 4 is 11.9 Å². The lowest BCUT2D eigenvalue weighted by atomic mass is 10.0. The van der Waals surface area contributed by atoms with Crippen molar-refractivity contribution in [2.75, 3.05) is 13.2 Å². The maximum Gasteiger partial charge on any atom is 0.305 e. The molecule has 0 heterocycles. The maximum absolute atomic E-state index is 12.5. The standard InChI is InChI=1S/C79H153NO5/c1-3-5-7-9-11-13-15-17-18-19-20-38-41-44-48-51-55-59-63-67-71-77(82)76(75-81)80-78(83)72-68-64-60-56-52-49-45-42-39-36-34-32-30-28-26-24-22-21-23-25-27-29-31-33-35-37-40-43-46-50-54-58-62-66-70-74-85-79(84)73-69-65-61-57-53-47-16-14-12-10-8-6-4-2/h23,25,67,71,76-77,81-82H,3-22,24,26-66,68-70,72-75H2,1-2H3,(H,80,83)/b25-23-,71-67+. The number of carbonyl (C=O) groups is 2. The summed E-state index contributed by atoms with van der Waals surface area (Å²) in [6.45, 7) is 4.96. The van der Waals surface area contributed by atoms with Gasteiger partial charge in [-0.1, -0.05) is 398 Å². The number of aliphatic hydroxyl groups is 2. The maximum atomic E-state index is 12.5. The average molecular weight is 1200 g/mol. The molecule has 0 aromatic carbocycles. The first-order chi connectivity index (χ1) is 42.0. The Kier molecular flexibility index (Phi) is 73.3. The van der Waals surface area contributed by atoms with E-state index in [1.165, 1.54) is 379 Å². The third-order valence-electron chi connectivity index (χ3n) is 18.5. The van der Waals surface area contributed by atoms with Crippen molar-refractivity contribution in [2.24, 2.45) is 0 Å². The van der Waals surface area contributed by atoms with Crippen LogP contribution in [0.1, 0.15) is 444 Å². The number of allylic oxidation sites excluding steroid dienone is 3. The quantitative estimate of drug-likeness (QED) is 0.0320. The smallest absolute Gasteiger partial charge is 0.305 e. The van der Waals surface area contributed by atoms with Gasteiger partial charge in [-0.15, -0.1) is 0 Å². The van der Waals surface area contributed by atoms with Crippen molar-refractivity contribution in [3.63, 3.8) is 0 Å². The SMILES string of the molecule is CCCCCCCCCCCCCCCCCCCC/C=C/C(O)C(CO)NC(=O)CCCCCCCCCCCCCCCCCCC/C=C\CCCCCCCCCCCCCCCCOC(=O)CCCCCCCCCCCCCCC. The highest BCUT2D eigenvalue weighted by Crippen LogP contribution is 2.20. The van der Waals surface area contributed by atoms with Crippen LogP contribution in [0.5, 0.6) is 0 Å². The zero-order valence-electron chi connectivity index (χ0n) is 57.9. The first-order valence-electron chi connectivity index (χ1n) is 39.1. The van der Waals surface area contributed by atoms with Gasteiger partial charge in [0.05, 0.1) is 25.4 Å². The largest absolute Gasteiger partial charge is 0.466 e. The molecular weight excluding hydrogens is 1040 g/mol. The highest BCUT2D eigenvalue weighted by molar-refractivity contribution is 5.76. The summed E-state index contributed by atoms with van der Waals surface area (Å²) in [5.41, 5.74) is 0. The molecule has 0 fully saturated rings. The second kappa shape index (κ2) is 74.8. The zero-order chi connectivity index (χ0) is 61.3. The van der Waals surface area contributed by atoms with Crippen LogP contribution in [0.15, 0.2) is 24.3 Å². The van der Waals surface area contributed by atoms with E-state index in [1.54, 1.807) is 6.08 Å². The van der Waals surface area contributed by atoms with Crippen LogP contribution in [0.2, 0.25) is 0 Å². The molecule has 2 atom stereocenters. The predicted molar refractivity (Wildman–Crippen MR) is 375 cm³/mol. The van der Waals surface area contributed by atoms with Crippen molar-refractivity contribution in [1.29, 1.82) is 0 Å². The number of nitrogens with one attached hydrogen (secondary N) is 1. The van der Waals surface area contributed by atoms with E-state index in [0.717, 1.165) is 38.5 Å². The van der Waals surface area contributed by atoms with Crippen LogP contribution < -0.4 is 5.32 Å². The van der Waals surface area contributed by atoms with Gasteiger partial charge < -0.3 is 20.3 Å². The van der Waals surface area contributed by atoms with Crippen LogP contribution in [-0.2, 0) is 14.3 Å². The van der Waals surface area contributed by atoms with Gasteiger partial charge in [-0.25, -0.2) is 0 Å². The van der Waals surface area contributed by atoms with E-state index in [1.807, 2.05) is 6.08 Å². The third-order valence-corrected chi connectivity index (χ3v) is 18.5. The number of esters is 1. The van der Waals surface area contributed by atoms with Gasteiger partial charge in [0.15, 0.2) is 0 Å². The number of hydrogen-bond donors (Lipinski definition) is 3. The highest BCUT2D eigenvalue weighted by Gasteiger charge is 2.18. The van der Waals surface area contributed by atoms with Gasteiger partial charge in [-0.3, -0.25) is 9.59 Å². The lowest BCUT2D eigenvalue weighted by Gasteiger charge is -2.20. The van der Waals surface area contributed by atoms with E-state index in [2.05, 4.69) is 31.3 Å². The fraction of sp³-hybridized carbons (Fsp3) is 0.924. The topological polar surface area (TPSA) is 95.9 Å². The van der Waals surface area contributed by atoms with Gasteiger partial charge >= 0.3 is 5.97 Å². The van der Waals surface area contributed by atoms with Gasteiger partial charge in [0.25, 0.3) is 0 Å². The van der Waals surface area contributed by atoms with Crippen LogP contribution in [0.25, 0.3) is 0 Å². The molecule has 0 aliphatic heterocycles. The van der Waals surface area contributed by atoms with Crippen molar-refractivity contribution in [3.8, 4) is 0 Å². The summed E-state index contributed by atoms with van der Waals surface area (Å²) >= 11 is 0. The molecule has 0 radical (unpaired) electrons. The molecule has 6 heteroatoms. The van der Waals surface area contributed by atoms with Crippen LogP contribution >= 0.6 is 0 Å². The van der Waals surface area contributed by atoms with E-state index in [4.69, 9.17) is 4.74 Å². The summed E-state index contributed by atoms with van der Waals surface area (Å²) in [7, 11) is 0. The van der Waals surface area contributed by atoms with Gasteiger partial charge in [-0.2, -0.15) is 0 Å². The Labute approximate surface area is 532 Å². The van der Waals surface area contributed by atoms with Crippen molar-refractivity contribution in [1.82, 2.24) is 5.32 Å². The molecule has 0 aliphatic carbocycles. The lowest BCUT2D eigenvalue weighted by molar-refractivity contribution is -0.143. The van der Waals surface area contributed by atoms with Crippen LogP contribution in [0.4, 0.5) is 0 Å². The lowest BCUT2D eigenvalue weighted by Crippen LogP contribution is -2.45. The Morgan fingerprint density at radius 2 is 0.553 bits per heavy atom. The van der Waals surface area contributed by atoms with Gasteiger partial charge in [-0.05, 0) is 57.8 Å². The van der Waals surface area contributed by atoms with E-state index in [9.17, 15) is 19.8 Å². The van der Waals surface area contributed by atoms with Gasteiger partial charge in [0, 0.05) is 12.8 Å². The molecule has 0 spiro atoms. The Morgan fingerprint density at radius 3 is 0.835 bits per heavy atom. The van der Waals surface area contributed by atoms with E-state index >= 15 is 0 Å². The molecule has 6 nitrogen and oxygen atoms in total. The molecule has 504 valence electrons. The van der Waals surface area contributed by atoms with Gasteiger partial charge in [0.1, 0.15) is 0 Å². The van der Waals surface area contributed by atoms with Crippen molar-refractivity contribution < 1.29 is 24.5 Å².